The van der Waals surface area contributed by atoms with E-state index in [1.54, 1.807) is 26.2 Å². The van der Waals surface area contributed by atoms with Gasteiger partial charge in [-0.1, -0.05) is 11.3 Å². The van der Waals surface area contributed by atoms with Gasteiger partial charge in [0.2, 0.25) is 0 Å². The molecule has 164 valence electrons. The number of fused-ring (bicyclic) bond motifs is 1. The topological polar surface area (TPSA) is 126 Å². The Balaban J connectivity index is 1.84. The average Bonchev–Trinajstić information content (AvgIpc) is 3.14. The molecule has 9 nitrogen and oxygen atoms in total. The van der Waals surface area contributed by atoms with Crippen LogP contribution in [0.4, 0.5) is 9.93 Å². The fourth-order valence-electron chi connectivity index (χ4n) is 3.14. The Bertz CT molecular complexity index is 1280. The molecule has 3 N–H and O–H groups in total. The summed E-state index contributed by atoms with van der Waals surface area (Å²) in [5, 5.41) is 16.1. The van der Waals surface area contributed by atoms with Crippen LogP contribution < -0.4 is 10.6 Å². The van der Waals surface area contributed by atoms with Gasteiger partial charge in [-0.2, -0.15) is 0 Å². The van der Waals surface area contributed by atoms with Crippen molar-refractivity contribution in [3.05, 3.63) is 48.4 Å². The molecule has 3 aromatic heterocycles. The predicted octanol–water partition coefficient (Wildman–Crippen LogP) is 3.89. The Morgan fingerprint density at radius 1 is 1.09 bits per heavy atom. The number of anilines is 1. The normalized spacial score (nSPS) is 11.5. The van der Waals surface area contributed by atoms with Gasteiger partial charge in [0.15, 0.2) is 11.0 Å². The summed E-state index contributed by atoms with van der Waals surface area (Å²) in [6.07, 6.45) is 4.88. The molecule has 0 saturated carbocycles. The molecule has 0 radical (unpaired) electrons. The largest absolute Gasteiger partial charge is 0.382 e. The number of aliphatic hydroxyl groups is 1. The fraction of sp³-hybridized carbons (Fsp3) is 0.273. The van der Waals surface area contributed by atoms with Gasteiger partial charge >= 0.3 is 6.03 Å². The molecule has 3 heterocycles. The van der Waals surface area contributed by atoms with Crippen molar-refractivity contribution in [3.63, 3.8) is 0 Å². The number of urea groups is 1. The van der Waals surface area contributed by atoms with Gasteiger partial charge in [-0.3, -0.25) is 5.32 Å². The Labute approximate surface area is 189 Å². The van der Waals surface area contributed by atoms with Crippen molar-refractivity contribution in [1.29, 1.82) is 0 Å². The van der Waals surface area contributed by atoms with Crippen LogP contribution in [-0.4, -0.2) is 42.6 Å². The third-order valence-electron chi connectivity index (χ3n) is 4.66. The molecule has 2 amide bonds. The zero-order valence-corrected chi connectivity index (χ0v) is 19.0. The quantitative estimate of drug-likeness (QED) is 0.422. The number of amides is 2. The van der Waals surface area contributed by atoms with E-state index in [-0.39, 0.29) is 6.03 Å². The van der Waals surface area contributed by atoms with Crippen LogP contribution in [0.25, 0.3) is 32.6 Å². The van der Waals surface area contributed by atoms with Crippen LogP contribution in [0.2, 0.25) is 0 Å². The smallest absolute Gasteiger partial charge is 0.321 e. The summed E-state index contributed by atoms with van der Waals surface area (Å²) in [7, 11) is 0. The van der Waals surface area contributed by atoms with E-state index in [9.17, 15) is 9.90 Å². The van der Waals surface area contributed by atoms with Gasteiger partial charge in [0.25, 0.3) is 0 Å². The molecule has 4 aromatic rings. The van der Waals surface area contributed by atoms with E-state index in [4.69, 9.17) is 0 Å². The van der Waals surface area contributed by atoms with Crippen LogP contribution in [0, 0.1) is 6.92 Å². The van der Waals surface area contributed by atoms with E-state index < -0.39 is 5.60 Å². The lowest BCUT2D eigenvalue weighted by molar-refractivity contribution is 0.0687. The Kier molecular flexibility index (Phi) is 5.81. The molecule has 4 rings (SSSR count). The van der Waals surface area contributed by atoms with Crippen LogP contribution in [0.1, 0.15) is 32.3 Å². The van der Waals surface area contributed by atoms with Gasteiger partial charge in [0.05, 0.1) is 15.9 Å². The van der Waals surface area contributed by atoms with Crippen LogP contribution in [-0.2, 0) is 5.60 Å². The Morgan fingerprint density at radius 3 is 2.50 bits per heavy atom. The first-order valence-corrected chi connectivity index (χ1v) is 10.9. The summed E-state index contributed by atoms with van der Waals surface area (Å²) in [6, 6.07) is 5.53. The monoisotopic (exact) mass is 449 g/mol. The molecule has 10 heteroatoms. The van der Waals surface area contributed by atoms with Gasteiger partial charge < -0.3 is 10.4 Å². The molecule has 0 bridgehead atoms. The van der Waals surface area contributed by atoms with Crippen LogP contribution >= 0.6 is 11.3 Å². The van der Waals surface area contributed by atoms with E-state index in [1.807, 2.05) is 32.0 Å². The van der Waals surface area contributed by atoms with Gasteiger partial charge in [-0.15, -0.1) is 0 Å². The van der Waals surface area contributed by atoms with Crippen molar-refractivity contribution in [2.45, 2.75) is 33.3 Å². The van der Waals surface area contributed by atoms with Crippen molar-refractivity contribution < 1.29 is 9.90 Å². The van der Waals surface area contributed by atoms with Crippen LogP contribution in [0.5, 0.6) is 0 Å². The third kappa shape index (κ3) is 4.56. The average molecular weight is 450 g/mol. The maximum Gasteiger partial charge on any atom is 0.321 e. The van der Waals surface area contributed by atoms with Gasteiger partial charge in [0.1, 0.15) is 11.9 Å². The standard InChI is InChI=1S/C22H23N7O2S/c1-5-23-20(30)29-21-28-17-8-13(14-9-24-19(25-10-14)22(3,4)31)7-15(18(17)32-21)16-6-12(2)26-11-27-16/h6-11,31H,5H2,1-4H3,(H2,23,28,29,30). The second-order valence-corrected chi connectivity index (χ2v) is 8.77. The fourth-order valence-corrected chi connectivity index (χ4v) is 4.10. The molecule has 0 saturated heterocycles. The SMILES string of the molecule is CCNC(=O)Nc1nc2cc(-c3cnc(C(C)(C)O)nc3)cc(-c3cc(C)ncn3)c2s1. The highest BCUT2D eigenvalue weighted by atomic mass is 32.1. The van der Waals surface area contributed by atoms with Crippen molar-refractivity contribution in [2.75, 3.05) is 11.9 Å². The summed E-state index contributed by atoms with van der Waals surface area (Å²) >= 11 is 1.38. The van der Waals surface area contributed by atoms with Gasteiger partial charge in [0, 0.05) is 35.8 Å². The number of nitrogens with zero attached hydrogens (tertiary/aromatic N) is 5. The zero-order valence-electron chi connectivity index (χ0n) is 18.2. The number of aromatic nitrogens is 5. The molecule has 0 unspecified atom stereocenters. The van der Waals surface area contributed by atoms with Crippen LogP contribution in [0.3, 0.4) is 0 Å². The lowest BCUT2D eigenvalue weighted by Crippen LogP contribution is -2.28. The molecule has 0 spiro atoms. The molecule has 1 aromatic carbocycles. The lowest BCUT2D eigenvalue weighted by Gasteiger charge is -2.15. The second-order valence-electron chi connectivity index (χ2n) is 7.77. The molecular weight excluding hydrogens is 426 g/mol. The number of carbonyl (C=O) groups is 1. The maximum atomic E-state index is 12.0. The molecular formula is C22H23N7O2S. The Hall–Kier alpha value is -3.50. The lowest BCUT2D eigenvalue weighted by atomic mass is 10.0. The number of aryl methyl sites for hydroxylation is 1. The molecule has 0 fully saturated rings. The van der Waals surface area contributed by atoms with Gasteiger partial charge in [-0.05, 0) is 51.5 Å². The summed E-state index contributed by atoms with van der Waals surface area (Å²) < 4.78 is 0.896. The van der Waals surface area contributed by atoms with Crippen molar-refractivity contribution in [1.82, 2.24) is 30.2 Å². The minimum atomic E-state index is -1.12. The predicted molar refractivity (Wildman–Crippen MR) is 124 cm³/mol. The minimum absolute atomic E-state index is 0.304. The van der Waals surface area contributed by atoms with Gasteiger partial charge in [-0.25, -0.2) is 29.7 Å². The molecule has 0 aliphatic heterocycles. The highest BCUT2D eigenvalue weighted by molar-refractivity contribution is 7.22. The molecule has 0 aliphatic rings. The number of carbonyl (C=O) groups excluding carboxylic acids is 1. The maximum absolute atomic E-state index is 12.0. The number of hydrogen-bond donors (Lipinski definition) is 3. The van der Waals surface area contributed by atoms with E-state index >= 15 is 0 Å². The second kappa shape index (κ2) is 8.56. The van der Waals surface area contributed by atoms with Crippen molar-refractivity contribution >= 4 is 32.7 Å². The zero-order chi connectivity index (χ0) is 22.9. The highest BCUT2D eigenvalue weighted by Gasteiger charge is 2.20. The Morgan fingerprint density at radius 2 is 1.84 bits per heavy atom. The minimum Gasteiger partial charge on any atom is -0.382 e. The summed E-state index contributed by atoms with van der Waals surface area (Å²) in [5.41, 5.74) is 3.69. The first-order chi connectivity index (χ1) is 15.2. The third-order valence-corrected chi connectivity index (χ3v) is 5.68. The van der Waals surface area contributed by atoms with Crippen molar-refractivity contribution in [2.24, 2.45) is 0 Å². The molecule has 0 aliphatic carbocycles. The molecule has 0 atom stereocenters. The van der Waals surface area contributed by atoms with E-state index in [0.29, 0.717) is 17.5 Å². The summed E-state index contributed by atoms with van der Waals surface area (Å²) in [4.78, 5) is 33.9. The highest BCUT2D eigenvalue weighted by Crippen LogP contribution is 2.38. The first-order valence-electron chi connectivity index (χ1n) is 10.1. The van der Waals surface area contributed by atoms with Crippen LogP contribution in [0.15, 0.2) is 36.9 Å². The number of rotatable bonds is 5. The van der Waals surface area contributed by atoms with Crippen molar-refractivity contribution in [3.8, 4) is 22.4 Å². The number of benzene rings is 1. The summed E-state index contributed by atoms with van der Waals surface area (Å²) in [5.74, 6) is 0.344. The number of nitrogens with one attached hydrogen (secondary N) is 2. The molecule has 32 heavy (non-hydrogen) atoms. The van der Waals surface area contributed by atoms with E-state index in [2.05, 4.69) is 35.6 Å². The van der Waals surface area contributed by atoms with E-state index in [1.165, 1.54) is 17.7 Å². The summed E-state index contributed by atoms with van der Waals surface area (Å²) in [6.45, 7) is 7.56. The number of thiazole rings is 1. The van der Waals surface area contributed by atoms with E-state index in [0.717, 1.165) is 38.3 Å². The first kappa shape index (κ1) is 21.7. The number of hydrogen-bond acceptors (Lipinski definition) is 8.